The van der Waals surface area contributed by atoms with Gasteiger partial charge in [-0.05, 0) is 42.8 Å². The van der Waals surface area contributed by atoms with Crippen LogP contribution in [0.15, 0.2) is 47.4 Å². The van der Waals surface area contributed by atoms with Crippen LogP contribution >= 0.6 is 11.6 Å². The van der Waals surface area contributed by atoms with Crippen molar-refractivity contribution in [2.24, 2.45) is 0 Å². The van der Waals surface area contributed by atoms with Crippen molar-refractivity contribution >= 4 is 27.3 Å². The molecule has 0 fully saturated rings. The highest BCUT2D eigenvalue weighted by molar-refractivity contribution is 7.92. The average molecular weight is 324 g/mol. The topological polar surface area (TPSA) is 46.6 Å². The molecule has 1 aliphatic heterocycles. The fourth-order valence-electron chi connectivity index (χ4n) is 2.32. The Balaban J connectivity index is 2.11. The zero-order valence-electron chi connectivity index (χ0n) is 11.4. The maximum atomic E-state index is 12.8. The van der Waals surface area contributed by atoms with E-state index >= 15 is 0 Å². The van der Waals surface area contributed by atoms with Crippen LogP contribution in [0.3, 0.4) is 0 Å². The monoisotopic (exact) mass is 323 g/mol. The number of anilines is 1. The first-order valence-corrected chi connectivity index (χ1v) is 8.32. The Morgan fingerprint density at radius 3 is 2.76 bits per heavy atom. The van der Waals surface area contributed by atoms with E-state index in [1.807, 2.05) is 13.0 Å². The molecule has 2 aromatic rings. The normalized spacial score (nSPS) is 14.5. The van der Waals surface area contributed by atoms with Crippen molar-refractivity contribution in [1.82, 2.24) is 0 Å². The summed E-state index contributed by atoms with van der Waals surface area (Å²) in [7, 11) is -3.62. The number of hydrogen-bond acceptors (Lipinski definition) is 3. The zero-order chi connectivity index (χ0) is 15.0. The molecule has 6 heteroatoms. The third-order valence-electron chi connectivity index (χ3n) is 3.32. The third-order valence-corrected chi connectivity index (χ3v) is 5.36. The number of hydrogen-bond donors (Lipinski definition) is 0. The van der Waals surface area contributed by atoms with Crippen LogP contribution in [-0.2, 0) is 10.0 Å². The van der Waals surface area contributed by atoms with Gasteiger partial charge in [-0.3, -0.25) is 4.31 Å². The van der Waals surface area contributed by atoms with Gasteiger partial charge < -0.3 is 4.74 Å². The maximum Gasteiger partial charge on any atom is 0.264 e. The van der Waals surface area contributed by atoms with Gasteiger partial charge in [-0.25, -0.2) is 8.42 Å². The molecule has 0 atom stereocenters. The van der Waals surface area contributed by atoms with Crippen LogP contribution in [0.4, 0.5) is 5.69 Å². The fraction of sp³-hybridized carbons (Fsp3) is 0.200. The third kappa shape index (κ3) is 2.59. The first kappa shape index (κ1) is 14.2. The van der Waals surface area contributed by atoms with Crippen molar-refractivity contribution in [3.8, 4) is 5.75 Å². The van der Waals surface area contributed by atoms with Gasteiger partial charge >= 0.3 is 0 Å². The molecule has 3 rings (SSSR count). The summed E-state index contributed by atoms with van der Waals surface area (Å²) in [6.07, 6.45) is 0. The Morgan fingerprint density at radius 2 is 2.00 bits per heavy atom. The number of sulfonamides is 1. The molecule has 21 heavy (non-hydrogen) atoms. The van der Waals surface area contributed by atoms with Gasteiger partial charge in [0.15, 0.2) is 0 Å². The number of aryl methyl sites for hydroxylation is 1. The van der Waals surface area contributed by atoms with Gasteiger partial charge in [0.2, 0.25) is 0 Å². The molecule has 0 radical (unpaired) electrons. The number of ether oxygens (including phenoxy) is 1. The molecule has 0 saturated heterocycles. The summed E-state index contributed by atoms with van der Waals surface area (Å²) in [4.78, 5) is 0.273. The van der Waals surface area contributed by atoms with Crippen LogP contribution < -0.4 is 9.04 Å². The van der Waals surface area contributed by atoms with Crippen LogP contribution in [0.5, 0.6) is 5.75 Å². The lowest BCUT2D eigenvalue weighted by molar-refractivity contribution is 0.316. The second-order valence-electron chi connectivity index (χ2n) is 4.85. The Hall–Kier alpha value is -1.72. The highest BCUT2D eigenvalue weighted by Crippen LogP contribution is 2.37. The van der Waals surface area contributed by atoms with E-state index in [1.54, 1.807) is 36.4 Å². The summed E-state index contributed by atoms with van der Waals surface area (Å²) in [5.41, 5.74) is 1.38. The predicted octanol–water partition coefficient (Wildman–Crippen LogP) is 3.24. The van der Waals surface area contributed by atoms with Crippen molar-refractivity contribution < 1.29 is 13.2 Å². The van der Waals surface area contributed by atoms with Gasteiger partial charge in [0.05, 0.1) is 17.1 Å². The minimum Gasteiger partial charge on any atom is -0.489 e. The van der Waals surface area contributed by atoms with Crippen LogP contribution in [0.1, 0.15) is 5.56 Å². The van der Waals surface area contributed by atoms with E-state index in [9.17, 15) is 8.42 Å². The van der Waals surface area contributed by atoms with Gasteiger partial charge in [-0.1, -0.05) is 23.7 Å². The molecular weight excluding hydrogens is 310 g/mol. The van der Waals surface area contributed by atoms with Crippen molar-refractivity contribution in [3.05, 3.63) is 53.1 Å². The molecular formula is C15H14ClNO3S. The molecule has 2 aromatic carbocycles. The van der Waals surface area contributed by atoms with E-state index < -0.39 is 10.0 Å². The molecule has 1 heterocycles. The summed E-state index contributed by atoms with van der Waals surface area (Å²) in [6.45, 7) is 2.45. The predicted molar refractivity (Wildman–Crippen MR) is 82.7 cm³/mol. The van der Waals surface area contributed by atoms with Gasteiger partial charge in [-0.15, -0.1) is 0 Å². The molecule has 0 saturated carbocycles. The number of rotatable bonds is 2. The molecule has 0 aromatic heterocycles. The van der Waals surface area contributed by atoms with Crippen molar-refractivity contribution in [3.63, 3.8) is 0 Å². The minimum absolute atomic E-state index is 0.267. The lowest BCUT2D eigenvalue weighted by Gasteiger charge is -2.30. The number of halogens is 1. The smallest absolute Gasteiger partial charge is 0.264 e. The molecule has 0 aliphatic carbocycles. The number of nitrogens with zero attached hydrogens (tertiary/aromatic N) is 1. The van der Waals surface area contributed by atoms with E-state index in [1.165, 1.54) is 4.31 Å². The van der Waals surface area contributed by atoms with Crippen molar-refractivity contribution in [2.75, 3.05) is 17.5 Å². The van der Waals surface area contributed by atoms with E-state index in [0.717, 1.165) is 5.56 Å². The first-order chi connectivity index (χ1) is 9.98. The molecule has 4 nitrogen and oxygen atoms in total. The standard InChI is InChI=1S/C15H14ClNO3S/c1-11-3-2-4-13(9-11)21(18,19)17-7-8-20-15-6-5-12(16)10-14(15)17/h2-6,9-10H,7-8H2,1H3. The van der Waals surface area contributed by atoms with Crippen LogP contribution in [0.2, 0.25) is 5.02 Å². The quantitative estimate of drug-likeness (QED) is 0.852. The lowest BCUT2D eigenvalue weighted by atomic mass is 10.2. The maximum absolute atomic E-state index is 12.8. The SMILES string of the molecule is Cc1cccc(S(=O)(=O)N2CCOc3ccc(Cl)cc32)c1. The zero-order valence-corrected chi connectivity index (χ0v) is 13.0. The van der Waals surface area contributed by atoms with Gasteiger partial charge in [0.25, 0.3) is 10.0 Å². The van der Waals surface area contributed by atoms with Crippen LogP contribution in [0, 0.1) is 6.92 Å². The fourth-order valence-corrected chi connectivity index (χ4v) is 4.04. The van der Waals surface area contributed by atoms with E-state index in [2.05, 4.69) is 0 Å². The van der Waals surface area contributed by atoms with Crippen molar-refractivity contribution in [1.29, 1.82) is 0 Å². The van der Waals surface area contributed by atoms with Gasteiger partial charge in [0.1, 0.15) is 12.4 Å². The summed E-state index contributed by atoms with van der Waals surface area (Å²) < 4.78 is 32.5. The Morgan fingerprint density at radius 1 is 1.19 bits per heavy atom. The van der Waals surface area contributed by atoms with Gasteiger partial charge in [-0.2, -0.15) is 0 Å². The van der Waals surface area contributed by atoms with Gasteiger partial charge in [0, 0.05) is 5.02 Å². The largest absolute Gasteiger partial charge is 0.489 e. The number of benzene rings is 2. The molecule has 0 bridgehead atoms. The number of fused-ring (bicyclic) bond motifs is 1. The van der Waals surface area contributed by atoms with E-state index in [-0.39, 0.29) is 11.4 Å². The molecule has 0 amide bonds. The van der Waals surface area contributed by atoms with Crippen LogP contribution in [-0.4, -0.2) is 21.6 Å². The summed E-state index contributed by atoms with van der Waals surface area (Å²) in [5.74, 6) is 0.530. The first-order valence-electron chi connectivity index (χ1n) is 6.50. The van der Waals surface area contributed by atoms with Crippen molar-refractivity contribution in [2.45, 2.75) is 11.8 Å². The summed E-state index contributed by atoms with van der Waals surface area (Å²) in [5, 5.41) is 0.476. The molecule has 0 N–H and O–H groups in total. The van der Waals surface area contributed by atoms with Crippen LogP contribution in [0.25, 0.3) is 0 Å². The minimum atomic E-state index is -3.62. The Kier molecular flexibility index (Phi) is 3.55. The molecule has 110 valence electrons. The Labute approximate surface area is 129 Å². The molecule has 0 unspecified atom stereocenters. The summed E-state index contributed by atoms with van der Waals surface area (Å²) in [6, 6.07) is 11.9. The second kappa shape index (κ2) is 5.24. The Bertz CT molecular complexity index is 789. The molecule has 1 aliphatic rings. The average Bonchev–Trinajstić information content (AvgIpc) is 2.46. The summed E-state index contributed by atoms with van der Waals surface area (Å²) >= 11 is 5.99. The second-order valence-corrected chi connectivity index (χ2v) is 7.15. The van der Waals surface area contributed by atoms with E-state index in [4.69, 9.17) is 16.3 Å². The highest BCUT2D eigenvalue weighted by atomic mass is 35.5. The molecule has 0 spiro atoms. The highest BCUT2D eigenvalue weighted by Gasteiger charge is 2.30. The van der Waals surface area contributed by atoms with E-state index in [0.29, 0.717) is 23.1 Å². The lowest BCUT2D eigenvalue weighted by Crippen LogP contribution is -2.37.